The number of hydrogen-bond acceptors (Lipinski definition) is 2. The van der Waals surface area contributed by atoms with E-state index in [-0.39, 0.29) is 5.16 Å². The molecular formula is C21H30NOP. The molecule has 0 heterocycles. The standard InChI is InChI=1S/C21H30NOP/c1-6-21(5,18-12-7-8-13-19(18)23)24-20-16(4)10-9-11-17(20)14-22-15(2)3/h7-13,15,22-24H,6,14H2,1-5H3. The van der Waals surface area contributed by atoms with Crippen LogP contribution in [0.2, 0.25) is 0 Å². The molecule has 2 aromatic rings. The highest BCUT2D eigenvalue weighted by Crippen LogP contribution is 2.47. The maximum atomic E-state index is 10.4. The highest BCUT2D eigenvalue weighted by molar-refractivity contribution is 7.48. The molecule has 0 aromatic heterocycles. The Balaban J connectivity index is 2.39. The minimum atomic E-state index is -0.0516. The van der Waals surface area contributed by atoms with Crippen molar-refractivity contribution in [3.8, 4) is 5.75 Å². The smallest absolute Gasteiger partial charge is 0.119 e. The molecule has 0 aliphatic heterocycles. The molecule has 0 spiro atoms. The Hall–Kier alpha value is -1.37. The van der Waals surface area contributed by atoms with Crippen molar-refractivity contribution < 1.29 is 5.11 Å². The van der Waals surface area contributed by atoms with E-state index in [4.69, 9.17) is 0 Å². The van der Waals surface area contributed by atoms with Crippen molar-refractivity contribution in [2.45, 2.75) is 58.8 Å². The Morgan fingerprint density at radius 3 is 2.46 bits per heavy atom. The van der Waals surface area contributed by atoms with Crippen LogP contribution < -0.4 is 10.6 Å². The SMILES string of the molecule is CCC(C)(Pc1c(C)cccc1CNC(C)C)c1ccccc1O. The van der Waals surface area contributed by atoms with Crippen LogP contribution >= 0.6 is 8.58 Å². The molecule has 0 saturated heterocycles. The summed E-state index contributed by atoms with van der Waals surface area (Å²) in [5.74, 6) is 0.407. The predicted molar refractivity (Wildman–Crippen MR) is 107 cm³/mol. The van der Waals surface area contributed by atoms with Crippen LogP contribution in [-0.2, 0) is 11.7 Å². The summed E-state index contributed by atoms with van der Waals surface area (Å²) in [5.41, 5.74) is 3.76. The van der Waals surface area contributed by atoms with Gasteiger partial charge in [-0.25, -0.2) is 0 Å². The zero-order valence-electron chi connectivity index (χ0n) is 15.5. The molecule has 0 radical (unpaired) electrons. The normalized spacial score (nSPS) is 14.4. The third-order valence-corrected chi connectivity index (χ3v) is 6.81. The van der Waals surface area contributed by atoms with Gasteiger partial charge in [-0.1, -0.05) is 72.7 Å². The fraction of sp³-hybridized carbons (Fsp3) is 0.429. The Bertz CT molecular complexity index is 683. The van der Waals surface area contributed by atoms with Gasteiger partial charge in [-0.15, -0.1) is 0 Å². The van der Waals surface area contributed by atoms with Gasteiger partial charge in [0.1, 0.15) is 5.75 Å². The summed E-state index contributed by atoms with van der Waals surface area (Å²) in [7, 11) is 0.623. The van der Waals surface area contributed by atoms with E-state index in [2.05, 4.69) is 64.2 Å². The molecule has 2 unspecified atom stereocenters. The van der Waals surface area contributed by atoms with Gasteiger partial charge in [0.05, 0.1) is 0 Å². The molecule has 2 aromatic carbocycles. The van der Waals surface area contributed by atoms with E-state index >= 15 is 0 Å². The molecule has 24 heavy (non-hydrogen) atoms. The van der Waals surface area contributed by atoms with E-state index < -0.39 is 0 Å². The number of hydrogen-bond donors (Lipinski definition) is 2. The lowest BCUT2D eigenvalue weighted by atomic mass is 9.96. The molecule has 0 bridgehead atoms. The number of rotatable bonds is 7. The Kier molecular flexibility index (Phi) is 6.43. The molecule has 0 saturated carbocycles. The van der Waals surface area contributed by atoms with Crippen LogP contribution in [0.1, 0.15) is 50.8 Å². The van der Waals surface area contributed by atoms with Gasteiger partial charge < -0.3 is 10.4 Å². The van der Waals surface area contributed by atoms with E-state index in [0.29, 0.717) is 20.4 Å². The quantitative estimate of drug-likeness (QED) is 0.706. The van der Waals surface area contributed by atoms with Gasteiger partial charge in [-0.3, -0.25) is 0 Å². The number of aromatic hydroxyl groups is 1. The first-order valence-corrected chi connectivity index (χ1v) is 9.76. The third kappa shape index (κ3) is 4.37. The van der Waals surface area contributed by atoms with Crippen molar-refractivity contribution in [3.63, 3.8) is 0 Å². The molecule has 2 atom stereocenters. The maximum Gasteiger partial charge on any atom is 0.119 e. The molecule has 0 aliphatic carbocycles. The molecular weight excluding hydrogens is 313 g/mol. The predicted octanol–water partition coefficient (Wildman–Crippen LogP) is 4.83. The number of phenols is 1. The summed E-state index contributed by atoms with van der Waals surface area (Å²) in [6.45, 7) is 11.9. The topological polar surface area (TPSA) is 32.3 Å². The average Bonchev–Trinajstić information content (AvgIpc) is 2.55. The largest absolute Gasteiger partial charge is 0.508 e. The van der Waals surface area contributed by atoms with Crippen LogP contribution in [0.5, 0.6) is 5.75 Å². The van der Waals surface area contributed by atoms with Crippen molar-refractivity contribution in [3.05, 3.63) is 59.2 Å². The van der Waals surface area contributed by atoms with Crippen LogP contribution in [0.4, 0.5) is 0 Å². The molecule has 2 nitrogen and oxygen atoms in total. The summed E-state index contributed by atoms with van der Waals surface area (Å²) in [4.78, 5) is 0. The lowest BCUT2D eigenvalue weighted by molar-refractivity contribution is 0.457. The van der Waals surface area contributed by atoms with Crippen LogP contribution in [0.15, 0.2) is 42.5 Å². The lowest BCUT2D eigenvalue weighted by Crippen LogP contribution is -2.27. The van der Waals surface area contributed by atoms with Crippen LogP contribution in [0.3, 0.4) is 0 Å². The van der Waals surface area contributed by atoms with Gasteiger partial charge in [-0.05, 0) is 35.8 Å². The van der Waals surface area contributed by atoms with Gasteiger partial charge in [0.2, 0.25) is 0 Å². The van der Waals surface area contributed by atoms with Crippen molar-refractivity contribution >= 4 is 13.9 Å². The van der Waals surface area contributed by atoms with Crippen molar-refractivity contribution in [1.29, 1.82) is 0 Å². The maximum absolute atomic E-state index is 10.4. The highest BCUT2D eigenvalue weighted by Gasteiger charge is 2.29. The monoisotopic (exact) mass is 343 g/mol. The fourth-order valence-electron chi connectivity index (χ4n) is 2.93. The summed E-state index contributed by atoms with van der Waals surface area (Å²) < 4.78 is 0. The summed E-state index contributed by atoms with van der Waals surface area (Å²) >= 11 is 0. The first-order valence-electron chi connectivity index (χ1n) is 8.76. The van der Waals surface area contributed by atoms with Gasteiger partial charge in [0.25, 0.3) is 0 Å². The summed E-state index contributed by atoms with van der Waals surface area (Å²) in [6, 6.07) is 14.8. The number of aryl methyl sites for hydroxylation is 1. The number of phenolic OH excluding ortho intramolecular Hbond substituents is 1. The van der Waals surface area contributed by atoms with E-state index in [1.54, 1.807) is 6.07 Å². The highest BCUT2D eigenvalue weighted by atomic mass is 31.1. The molecule has 2 N–H and O–H groups in total. The van der Waals surface area contributed by atoms with Gasteiger partial charge in [0, 0.05) is 23.3 Å². The van der Waals surface area contributed by atoms with E-state index in [1.807, 2.05) is 12.1 Å². The number of benzene rings is 2. The van der Waals surface area contributed by atoms with Gasteiger partial charge in [-0.2, -0.15) is 0 Å². The fourth-order valence-corrected chi connectivity index (χ4v) is 4.62. The number of nitrogens with one attached hydrogen (secondary N) is 1. The zero-order chi connectivity index (χ0) is 17.7. The molecule has 0 aliphatic rings. The second-order valence-electron chi connectivity index (χ2n) is 6.97. The van der Waals surface area contributed by atoms with Crippen molar-refractivity contribution in [2.24, 2.45) is 0 Å². The van der Waals surface area contributed by atoms with E-state index in [1.165, 1.54) is 16.4 Å². The number of para-hydroxylation sites is 1. The summed E-state index contributed by atoms with van der Waals surface area (Å²) in [6.07, 6.45) is 0.994. The zero-order valence-corrected chi connectivity index (χ0v) is 16.5. The second kappa shape index (κ2) is 8.14. The molecule has 0 fully saturated rings. The summed E-state index contributed by atoms with van der Waals surface area (Å²) in [5, 5.41) is 15.3. The van der Waals surface area contributed by atoms with Crippen LogP contribution in [-0.4, -0.2) is 11.1 Å². The molecule has 2 rings (SSSR count). The van der Waals surface area contributed by atoms with Gasteiger partial charge >= 0.3 is 0 Å². The molecule has 3 heteroatoms. The van der Waals surface area contributed by atoms with E-state index in [0.717, 1.165) is 18.5 Å². The minimum Gasteiger partial charge on any atom is -0.508 e. The van der Waals surface area contributed by atoms with Crippen LogP contribution in [0.25, 0.3) is 0 Å². The van der Waals surface area contributed by atoms with Crippen molar-refractivity contribution in [1.82, 2.24) is 5.32 Å². The van der Waals surface area contributed by atoms with Gasteiger partial charge in [0.15, 0.2) is 0 Å². The molecule has 0 amide bonds. The molecule has 130 valence electrons. The second-order valence-corrected chi connectivity index (χ2v) is 8.83. The lowest BCUT2D eigenvalue weighted by Gasteiger charge is -2.31. The van der Waals surface area contributed by atoms with E-state index in [9.17, 15) is 5.11 Å². The van der Waals surface area contributed by atoms with Crippen LogP contribution in [0, 0.1) is 6.92 Å². The Morgan fingerprint density at radius 2 is 1.83 bits per heavy atom. The first kappa shape index (κ1) is 19.0. The Morgan fingerprint density at radius 1 is 1.12 bits per heavy atom. The third-order valence-electron chi connectivity index (χ3n) is 4.67. The Labute approximate surface area is 148 Å². The van der Waals surface area contributed by atoms with Crippen molar-refractivity contribution in [2.75, 3.05) is 0 Å². The first-order chi connectivity index (χ1) is 11.4. The average molecular weight is 343 g/mol. The minimum absolute atomic E-state index is 0.0516.